The zero-order valence-electron chi connectivity index (χ0n) is 12.9. The van der Waals surface area contributed by atoms with Gasteiger partial charge in [-0.3, -0.25) is 19.7 Å². The summed E-state index contributed by atoms with van der Waals surface area (Å²) >= 11 is 0. The molecule has 0 fully saturated rings. The third-order valence-corrected chi connectivity index (χ3v) is 3.16. The van der Waals surface area contributed by atoms with Crippen LogP contribution in [-0.4, -0.2) is 35.0 Å². The van der Waals surface area contributed by atoms with Crippen molar-refractivity contribution in [2.75, 3.05) is 18.4 Å². The minimum Gasteiger partial charge on any atom is -0.481 e. The fourth-order valence-corrected chi connectivity index (χ4v) is 1.93. The molecule has 1 aromatic carbocycles. The molecule has 23 heavy (non-hydrogen) atoms. The second kappa shape index (κ2) is 9.39. The van der Waals surface area contributed by atoms with Crippen LogP contribution in [0.5, 0.6) is 0 Å². The van der Waals surface area contributed by atoms with Gasteiger partial charge >= 0.3 is 5.97 Å². The number of benzene rings is 1. The highest BCUT2D eigenvalue weighted by molar-refractivity contribution is 5.76. The third-order valence-electron chi connectivity index (χ3n) is 3.16. The van der Waals surface area contributed by atoms with Crippen molar-refractivity contribution in [1.29, 1.82) is 0 Å². The summed E-state index contributed by atoms with van der Waals surface area (Å²) in [5.74, 6) is -1.10. The quantitative estimate of drug-likeness (QED) is 0.344. The molecule has 1 rings (SSSR count). The molecule has 126 valence electrons. The van der Waals surface area contributed by atoms with Crippen molar-refractivity contribution < 1.29 is 19.6 Å². The monoisotopic (exact) mass is 323 g/mol. The Morgan fingerprint density at radius 3 is 2.52 bits per heavy atom. The molecule has 0 radical (unpaired) electrons. The van der Waals surface area contributed by atoms with Crippen molar-refractivity contribution in [2.45, 2.75) is 26.2 Å². The molecule has 8 heteroatoms. The van der Waals surface area contributed by atoms with Gasteiger partial charge < -0.3 is 15.7 Å². The lowest BCUT2D eigenvalue weighted by molar-refractivity contribution is -0.384. The molecule has 0 aliphatic carbocycles. The second-order valence-electron chi connectivity index (χ2n) is 5.34. The van der Waals surface area contributed by atoms with E-state index in [9.17, 15) is 19.7 Å². The molecule has 0 saturated carbocycles. The number of aliphatic carboxylic acids is 1. The normalized spacial score (nSPS) is 11.5. The zero-order valence-corrected chi connectivity index (χ0v) is 12.9. The van der Waals surface area contributed by atoms with Gasteiger partial charge in [0.15, 0.2) is 0 Å². The highest BCUT2D eigenvalue weighted by atomic mass is 16.6. The summed E-state index contributed by atoms with van der Waals surface area (Å²) in [5, 5.41) is 24.9. The first-order chi connectivity index (χ1) is 10.9. The van der Waals surface area contributed by atoms with Gasteiger partial charge in [-0.15, -0.1) is 0 Å². The molecule has 8 nitrogen and oxygen atoms in total. The molecule has 0 heterocycles. The van der Waals surface area contributed by atoms with Gasteiger partial charge in [0.2, 0.25) is 5.91 Å². The van der Waals surface area contributed by atoms with Crippen LogP contribution < -0.4 is 10.6 Å². The Balaban J connectivity index is 2.17. The van der Waals surface area contributed by atoms with Gasteiger partial charge in [0.05, 0.1) is 4.92 Å². The Morgan fingerprint density at radius 1 is 1.30 bits per heavy atom. The van der Waals surface area contributed by atoms with Crippen molar-refractivity contribution in [2.24, 2.45) is 5.92 Å². The van der Waals surface area contributed by atoms with E-state index in [1.54, 1.807) is 19.1 Å². The average molecular weight is 323 g/mol. The Morgan fingerprint density at radius 2 is 1.96 bits per heavy atom. The largest absolute Gasteiger partial charge is 0.481 e. The molecule has 3 N–H and O–H groups in total. The number of carboxylic acid groups (broad SMARTS) is 1. The molecule has 0 aliphatic rings. The van der Waals surface area contributed by atoms with Crippen LogP contribution in [0.3, 0.4) is 0 Å². The molecule has 0 bridgehead atoms. The Labute approximate surface area is 134 Å². The van der Waals surface area contributed by atoms with E-state index in [-0.39, 0.29) is 23.9 Å². The maximum Gasteiger partial charge on any atom is 0.303 e. The highest BCUT2D eigenvalue weighted by Crippen LogP contribution is 2.15. The van der Waals surface area contributed by atoms with E-state index in [2.05, 4.69) is 10.6 Å². The predicted molar refractivity (Wildman–Crippen MR) is 85.2 cm³/mol. The molecular weight excluding hydrogens is 302 g/mol. The van der Waals surface area contributed by atoms with E-state index in [0.29, 0.717) is 25.9 Å². The topological polar surface area (TPSA) is 122 Å². The van der Waals surface area contributed by atoms with Gasteiger partial charge in [-0.1, -0.05) is 6.92 Å². The number of non-ortho nitro benzene ring substituents is 1. The molecule has 0 spiro atoms. The average Bonchev–Trinajstić information content (AvgIpc) is 2.49. The van der Waals surface area contributed by atoms with E-state index >= 15 is 0 Å². The predicted octanol–water partition coefficient (Wildman–Crippen LogP) is 2.01. The highest BCUT2D eigenvalue weighted by Gasteiger charge is 2.09. The number of hydrogen-bond acceptors (Lipinski definition) is 5. The first-order valence-electron chi connectivity index (χ1n) is 7.35. The van der Waals surface area contributed by atoms with Crippen LogP contribution in [0.2, 0.25) is 0 Å². The number of anilines is 1. The summed E-state index contributed by atoms with van der Waals surface area (Å²) in [5.41, 5.74) is 0.788. The zero-order chi connectivity index (χ0) is 17.2. The summed E-state index contributed by atoms with van der Waals surface area (Å²) in [4.78, 5) is 32.2. The van der Waals surface area contributed by atoms with E-state index in [4.69, 9.17) is 5.11 Å². The van der Waals surface area contributed by atoms with Crippen molar-refractivity contribution >= 4 is 23.3 Å². The van der Waals surface area contributed by atoms with Gasteiger partial charge in [-0.25, -0.2) is 0 Å². The Bertz CT molecular complexity index is 545. The number of nitro benzene ring substituents is 1. The number of nitrogens with one attached hydrogen (secondary N) is 2. The van der Waals surface area contributed by atoms with Crippen LogP contribution in [0.15, 0.2) is 24.3 Å². The van der Waals surface area contributed by atoms with E-state index in [1.807, 2.05) is 0 Å². The SMILES string of the molecule is CC(CNC(=O)CCCNc1ccc([N+](=O)[O-])cc1)CC(=O)O. The van der Waals surface area contributed by atoms with Crippen LogP contribution in [0.4, 0.5) is 11.4 Å². The number of nitro groups is 1. The van der Waals surface area contributed by atoms with Crippen molar-refractivity contribution in [3.8, 4) is 0 Å². The van der Waals surface area contributed by atoms with Crippen LogP contribution in [0, 0.1) is 16.0 Å². The Kier molecular flexibility index (Phi) is 7.52. The van der Waals surface area contributed by atoms with E-state index in [1.165, 1.54) is 12.1 Å². The van der Waals surface area contributed by atoms with Crippen LogP contribution in [0.1, 0.15) is 26.2 Å². The molecule has 0 aliphatic heterocycles. The molecule has 1 aromatic rings. The summed E-state index contributed by atoms with van der Waals surface area (Å²) in [7, 11) is 0. The summed E-state index contributed by atoms with van der Waals surface area (Å²) in [6.07, 6.45) is 0.970. The minimum absolute atomic E-state index is 0.0297. The third kappa shape index (κ3) is 7.79. The lowest BCUT2D eigenvalue weighted by atomic mass is 10.1. The number of carboxylic acids is 1. The maximum atomic E-state index is 11.6. The number of carbonyl (C=O) groups is 2. The fraction of sp³-hybridized carbons (Fsp3) is 0.467. The second-order valence-corrected chi connectivity index (χ2v) is 5.34. The van der Waals surface area contributed by atoms with Crippen molar-refractivity contribution in [3.05, 3.63) is 34.4 Å². The van der Waals surface area contributed by atoms with Gasteiger partial charge in [-0.2, -0.15) is 0 Å². The smallest absolute Gasteiger partial charge is 0.303 e. The lowest BCUT2D eigenvalue weighted by Crippen LogP contribution is -2.29. The minimum atomic E-state index is -0.876. The molecule has 1 amide bonds. The first kappa shape index (κ1) is 18.4. The van der Waals surface area contributed by atoms with Gasteiger partial charge in [0.1, 0.15) is 0 Å². The number of nitrogens with zero attached hydrogens (tertiary/aromatic N) is 1. The standard InChI is InChI=1S/C15H21N3O5/c1-11(9-15(20)21)10-17-14(19)3-2-8-16-12-4-6-13(7-5-12)18(22)23/h4-7,11,16H,2-3,8-10H2,1H3,(H,17,19)(H,20,21). The van der Waals surface area contributed by atoms with Crippen LogP contribution >= 0.6 is 0 Å². The summed E-state index contributed by atoms with van der Waals surface area (Å²) in [6.45, 7) is 2.68. The number of carbonyl (C=O) groups excluding carboxylic acids is 1. The fourth-order valence-electron chi connectivity index (χ4n) is 1.93. The molecule has 1 unspecified atom stereocenters. The van der Waals surface area contributed by atoms with Gasteiger partial charge in [0, 0.05) is 43.8 Å². The lowest BCUT2D eigenvalue weighted by Gasteiger charge is -2.10. The summed E-state index contributed by atoms with van der Waals surface area (Å²) < 4.78 is 0. The molecule has 0 saturated heterocycles. The van der Waals surface area contributed by atoms with Gasteiger partial charge in [-0.05, 0) is 24.5 Å². The maximum absolute atomic E-state index is 11.6. The molecule has 0 aromatic heterocycles. The Hall–Kier alpha value is -2.64. The van der Waals surface area contributed by atoms with Crippen LogP contribution in [-0.2, 0) is 9.59 Å². The van der Waals surface area contributed by atoms with Gasteiger partial charge in [0.25, 0.3) is 5.69 Å². The summed E-state index contributed by atoms with van der Waals surface area (Å²) in [6, 6.07) is 6.06. The van der Waals surface area contributed by atoms with Crippen molar-refractivity contribution in [3.63, 3.8) is 0 Å². The first-order valence-corrected chi connectivity index (χ1v) is 7.35. The molecule has 1 atom stereocenters. The number of amides is 1. The number of hydrogen-bond donors (Lipinski definition) is 3. The van der Waals surface area contributed by atoms with Crippen molar-refractivity contribution in [1.82, 2.24) is 5.32 Å². The van der Waals surface area contributed by atoms with E-state index < -0.39 is 10.9 Å². The molecular formula is C15H21N3O5. The number of rotatable bonds is 10. The van der Waals surface area contributed by atoms with E-state index in [0.717, 1.165) is 5.69 Å². The van der Waals surface area contributed by atoms with Crippen LogP contribution in [0.25, 0.3) is 0 Å².